The Labute approximate surface area is 140 Å². The van der Waals surface area contributed by atoms with Crippen molar-refractivity contribution in [2.75, 3.05) is 0 Å². The van der Waals surface area contributed by atoms with Crippen LogP contribution in [0.5, 0.6) is 0 Å². The molecule has 0 N–H and O–H groups in total. The molecule has 0 nitrogen and oxygen atoms in total. The Morgan fingerprint density at radius 1 is 0.455 bits per heavy atom. The monoisotopic (exact) mass is 354 g/mol. The molecule has 0 aromatic carbocycles. The van der Waals surface area contributed by atoms with Crippen LogP contribution in [-0.2, 0) is 0 Å². The van der Waals surface area contributed by atoms with Gasteiger partial charge in [0.15, 0.2) is 0 Å². The highest BCUT2D eigenvalue weighted by molar-refractivity contribution is 7.02. The van der Waals surface area contributed by atoms with E-state index in [0.29, 0.717) is 0 Å². The third kappa shape index (κ3) is 4.81. The van der Waals surface area contributed by atoms with Gasteiger partial charge in [-0.3, -0.25) is 0 Å². The fraction of sp³-hybridized carbons (Fsp3) is 0.556. The van der Waals surface area contributed by atoms with Crippen molar-refractivity contribution in [3.63, 3.8) is 0 Å². The lowest BCUT2D eigenvalue weighted by Gasteiger charge is -2.16. The van der Waals surface area contributed by atoms with Crippen LogP contribution in [0, 0.1) is 44.3 Å². The molecular formula is C18H26Si4. The van der Waals surface area contributed by atoms with Gasteiger partial charge in [-0.05, 0) is 51.4 Å². The molecule has 0 unspecified atom stereocenters. The predicted molar refractivity (Wildman–Crippen MR) is 108 cm³/mol. The Balaban J connectivity index is 2.57. The molecule has 2 aliphatic heterocycles. The summed E-state index contributed by atoms with van der Waals surface area (Å²) in [5.41, 5.74) is 29.0. The predicted octanol–water partition coefficient (Wildman–Crippen LogP) is 3.70. The van der Waals surface area contributed by atoms with Crippen molar-refractivity contribution in [3.8, 4) is 44.3 Å². The Morgan fingerprint density at radius 3 is 1.05 bits per heavy atom. The van der Waals surface area contributed by atoms with Gasteiger partial charge in [-0.15, -0.1) is 44.3 Å². The van der Waals surface area contributed by atoms with E-state index < -0.39 is 32.3 Å². The van der Waals surface area contributed by atoms with Gasteiger partial charge in [0.25, 0.3) is 0 Å². The van der Waals surface area contributed by atoms with Gasteiger partial charge < -0.3 is 0 Å². The standard InChI is InChI=1S/C18H26Si4/c1-19(2)11-13-20(3,4)15-17-22(9-7-8-10-22)18-16-21(5,6)14-12-19/h7-10H2,1-6H3. The summed E-state index contributed by atoms with van der Waals surface area (Å²) in [5.74, 6) is 0. The second-order valence-corrected chi connectivity index (χ2v) is 23.1. The average Bonchev–Trinajstić information content (AvgIpc) is 2.89. The van der Waals surface area contributed by atoms with E-state index in [1.165, 1.54) is 24.9 Å². The molecule has 0 amide bonds. The van der Waals surface area contributed by atoms with Crippen molar-refractivity contribution in [2.24, 2.45) is 0 Å². The Kier molecular flexibility index (Phi) is 4.73. The molecule has 0 radical (unpaired) electrons. The molecule has 4 heteroatoms. The number of hydrogen-bond donors (Lipinski definition) is 0. The van der Waals surface area contributed by atoms with Gasteiger partial charge in [0.05, 0.1) is 0 Å². The highest BCUT2D eigenvalue weighted by Gasteiger charge is 2.35. The zero-order valence-corrected chi connectivity index (χ0v) is 18.8. The van der Waals surface area contributed by atoms with Crippen LogP contribution in [0.4, 0.5) is 0 Å². The van der Waals surface area contributed by atoms with Gasteiger partial charge in [-0.2, -0.15) is 0 Å². The SMILES string of the molecule is C[Si]1(C)C#C[Si](C)(C)C#C[Si]2(C#C[Si](C)(C)C#C1)CCCC2. The van der Waals surface area contributed by atoms with Gasteiger partial charge >= 0.3 is 0 Å². The number of rotatable bonds is 0. The summed E-state index contributed by atoms with van der Waals surface area (Å²) in [4.78, 5) is 0. The van der Waals surface area contributed by atoms with Crippen LogP contribution in [0.2, 0.25) is 51.4 Å². The van der Waals surface area contributed by atoms with E-state index in [4.69, 9.17) is 0 Å². The minimum absolute atomic E-state index is 1.27. The summed E-state index contributed by atoms with van der Waals surface area (Å²) in [6, 6.07) is 2.53. The van der Waals surface area contributed by atoms with E-state index in [1.54, 1.807) is 0 Å². The summed E-state index contributed by atoms with van der Waals surface area (Å²) in [6.45, 7) is 13.6. The lowest BCUT2D eigenvalue weighted by atomic mass is 10.4. The first-order chi connectivity index (χ1) is 10.0. The molecule has 0 aromatic rings. The fourth-order valence-corrected chi connectivity index (χ4v) is 14.7. The van der Waals surface area contributed by atoms with E-state index in [0.717, 1.165) is 0 Å². The molecule has 0 bridgehead atoms. The highest BCUT2D eigenvalue weighted by Crippen LogP contribution is 2.29. The van der Waals surface area contributed by atoms with E-state index >= 15 is 0 Å². The van der Waals surface area contributed by atoms with Crippen molar-refractivity contribution in [1.29, 1.82) is 0 Å². The minimum atomic E-state index is -1.76. The van der Waals surface area contributed by atoms with E-state index in [1.807, 2.05) is 0 Å². The molecule has 0 aromatic heterocycles. The topological polar surface area (TPSA) is 0 Å². The van der Waals surface area contributed by atoms with Gasteiger partial charge in [-0.1, -0.05) is 12.8 Å². The van der Waals surface area contributed by atoms with Crippen molar-refractivity contribution in [3.05, 3.63) is 0 Å². The van der Waals surface area contributed by atoms with Crippen LogP contribution in [0.25, 0.3) is 0 Å². The quantitative estimate of drug-likeness (QED) is 0.460. The Bertz CT molecular complexity index is 650. The fourth-order valence-electron chi connectivity index (χ4n) is 2.53. The van der Waals surface area contributed by atoms with Crippen LogP contribution in [0.15, 0.2) is 0 Å². The van der Waals surface area contributed by atoms with E-state index in [2.05, 4.69) is 83.6 Å². The second kappa shape index (κ2) is 5.96. The largest absolute Gasteiger partial charge is 0.215 e. The van der Waals surface area contributed by atoms with Gasteiger partial charge in [-0.25, -0.2) is 0 Å². The first-order valence-electron chi connectivity index (χ1n) is 8.21. The van der Waals surface area contributed by atoms with Gasteiger partial charge in [0.2, 0.25) is 32.3 Å². The van der Waals surface area contributed by atoms with Crippen LogP contribution in [0.3, 0.4) is 0 Å². The molecule has 114 valence electrons. The van der Waals surface area contributed by atoms with Crippen molar-refractivity contribution in [2.45, 2.75) is 64.2 Å². The normalized spacial score (nSPS) is 25.5. The molecular weight excluding hydrogens is 329 g/mol. The molecule has 0 atom stereocenters. The first kappa shape index (κ1) is 17.5. The second-order valence-electron chi connectivity index (χ2n) is 8.16. The summed E-state index contributed by atoms with van der Waals surface area (Å²) < 4.78 is 0. The zero-order valence-electron chi connectivity index (χ0n) is 14.8. The van der Waals surface area contributed by atoms with Crippen LogP contribution in [0.1, 0.15) is 12.8 Å². The van der Waals surface area contributed by atoms with Crippen molar-refractivity contribution in [1.82, 2.24) is 0 Å². The smallest absolute Gasteiger partial charge is 0.122 e. The average molecular weight is 355 g/mol. The lowest BCUT2D eigenvalue weighted by Crippen LogP contribution is -2.33. The van der Waals surface area contributed by atoms with Crippen LogP contribution in [-0.4, -0.2) is 32.3 Å². The molecule has 1 saturated heterocycles. The summed E-state index contributed by atoms with van der Waals surface area (Å²) in [7, 11) is -6.97. The van der Waals surface area contributed by atoms with Crippen molar-refractivity contribution >= 4 is 32.3 Å². The molecule has 0 aliphatic carbocycles. The zero-order chi connectivity index (χ0) is 16.5. The molecule has 1 spiro atoms. The van der Waals surface area contributed by atoms with Crippen LogP contribution < -0.4 is 0 Å². The number of hydrogen-bond acceptors (Lipinski definition) is 0. The maximum atomic E-state index is 3.73. The molecule has 1 fully saturated rings. The molecule has 22 heavy (non-hydrogen) atoms. The third-order valence-corrected chi connectivity index (χ3v) is 13.2. The summed E-state index contributed by atoms with van der Waals surface area (Å²) >= 11 is 0. The minimum Gasteiger partial charge on any atom is -0.122 e. The van der Waals surface area contributed by atoms with Crippen molar-refractivity contribution < 1.29 is 0 Å². The van der Waals surface area contributed by atoms with Gasteiger partial charge in [0, 0.05) is 0 Å². The maximum Gasteiger partial charge on any atom is 0.215 e. The molecule has 2 aliphatic rings. The first-order valence-corrected chi connectivity index (χ1v) is 19.6. The summed E-state index contributed by atoms with van der Waals surface area (Å²) in [5, 5.41) is 0. The molecule has 2 rings (SSSR count). The van der Waals surface area contributed by atoms with Gasteiger partial charge in [0.1, 0.15) is 0 Å². The summed E-state index contributed by atoms with van der Waals surface area (Å²) in [6.07, 6.45) is 2.63. The Morgan fingerprint density at radius 2 is 0.727 bits per heavy atom. The Hall–Kier alpha value is -0.892. The van der Waals surface area contributed by atoms with Crippen LogP contribution >= 0.6 is 0 Å². The molecule has 0 saturated carbocycles. The maximum absolute atomic E-state index is 3.73. The highest BCUT2D eigenvalue weighted by atomic mass is 28.3. The third-order valence-electron chi connectivity index (χ3n) is 4.06. The van der Waals surface area contributed by atoms with E-state index in [9.17, 15) is 0 Å². The van der Waals surface area contributed by atoms with E-state index in [-0.39, 0.29) is 0 Å². The lowest BCUT2D eigenvalue weighted by molar-refractivity contribution is 0.935. The molecule has 2 heterocycles.